The highest BCUT2D eigenvalue weighted by Gasteiger charge is 2.29. The molecule has 1 N–H and O–H groups in total. The molecule has 1 aliphatic heterocycles. The maximum atomic E-state index is 13.2. The first-order chi connectivity index (χ1) is 14.2. The molecule has 5 rings (SSSR count). The molecule has 6 nitrogen and oxygen atoms in total. The molecule has 1 aliphatic rings. The van der Waals surface area contributed by atoms with Crippen LogP contribution >= 0.6 is 0 Å². The molecule has 0 radical (unpaired) electrons. The third-order valence-corrected chi connectivity index (χ3v) is 5.78. The summed E-state index contributed by atoms with van der Waals surface area (Å²) in [4.78, 5) is 19.5. The van der Waals surface area contributed by atoms with E-state index in [-0.39, 0.29) is 11.8 Å². The highest BCUT2D eigenvalue weighted by Crippen LogP contribution is 2.33. The third kappa shape index (κ3) is 3.20. The number of H-pyrrole nitrogens is 1. The van der Waals surface area contributed by atoms with Crippen LogP contribution in [0.2, 0.25) is 0 Å². The molecule has 1 aromatic carbocycles. The lowest BCUT2D eigenvalue weighted by atomic mass is 9.90. The van der Waals surface area contributed by atoms with Crippen molar-refractivity contribution in [1.82, 2.24) is 24.5 Å². The van der Waals surface area contributed by atoms with E-state index in [2.05, 4.69) is 46.4 Å². The molecule has 0 bridgehead atoms. The smallest absolute Gasteiger partial charge is 0.272 e. The summed E-state index contributed by atoms with van der Waals surface area (Å²) in [5, 5.41) is 7.52. The van der Waals surface area contributed by atoms with Crippen LogP contribution in [0.4, 0.5) is 0 Å². The van der Waals surface area contributed by atoms with Crippen LogP contribution in [0.15, 0.2) is 61.1 Å². The van der Waals surface area contributed by atoms with E-state index in [4.69, 9.17) is 0 Å². The van der Waals surface area contributed by atoms with Gasteiger partial charge in [-0.2, -0.15) is 5.10 Å². The van der Waals surface area contributed by atoms with Gasteiger partial charge in [0.25, 0.3) is 5.91 Å². The molecule has 0 aliphatic carbocycles. The lowest BCUT2D eigenvalue weighted by molar-refractivity contribution is 0.0699. The van der Waals surface area contributed by atoms with Gasteiger partial charge in [-0.15, -0.1) is 0 Å². The van der Waals surface area contributed by atoms with Gasteiger partial charge < -0.3 is 4.90 Å². The Morgan fingerprint density at radius 1 is 1.14 bits per heavy atom. The quantitative estimate of drug-likeness (QED) is 0.578. The molecule has 1 atom stereocenters. The van der Waals surface area contributed by atoms with Crippen molar-refractivity contribution in [2.45, 2.75) is 25.7 Å². The van der Waals surface area contributed by atoms with Gasteiger partial charge in [-0.3, -0.25) is 14.3 Å². The number of aromatic nitrogens is 4. The molecule has 0 spiro atoms. The molecule has 4 aromatic rings. The summed E-state index contributed by atoms with van der Waals surface area (Å²) in [5.74, 6) is 0.274. The standard InChI is InChI=1S/C23H23N5O/c1-16-7-9-17(10-8-16)19-13-25-26-22(19)18-5-4-11-27(15-18)23(29)20-14-24-21-6-2-3-12-28(20)21/h2-3,6-10,12-14,18H,4-5,11,15H2,1H3,(H,25,26)/t18-/m1/s1. The maximum Gasteiger partial charge on any atom is 0.272 e. The van der Waals surface area contributed by atoms with Crippen LogP contribution in [0.25, 0.3) is 16.8 Å². The summed E-state index contributed by atoms with van der Waals surface area (Å²) in [6.45, 7) is 3.54. The Bertz CT molecular complexity index is 1160. The van der Waals surface area contributed by atoms with E-state index in [1.165, 1.54) is 5.56 Å². The molecule has 6 heteroatoms. The number of aryl methyl sites for hydroxylation is 1. The minimum absolute atomic E-state index is 0.0322. The number of rotatable bonds is 3. The Hall–Kier alpha value is -3.41. The number of piperidine rings is 1. The first-order valence-corrected chi connectivity index (χ1v) is 10.0. The first-order valence-electron chi connectivity index (χ1n) is 10.0. The van der Waals surface area contributed by atoms with Crippen molar-refractivity contribution in [1.29, 1.82) is 0 Å². The summed E-state index contributed by atoms with van der Waals surface area (Å²) in [6.07, 6.45) is 7.47. The average molecular weight is 385 g/mol. The zero-order valence-corrected chi connectivity index (χ0v) is 16.4. The zero-order valence-electron chi connectivity index (χ0n) is 16.4. The number of benzene rings is 1. The van der Waals surface area contributed by atoms with Crippen LogP contribution in [-0.2, 0) is 0 Å². The number of carbonyl (C=O) groups excluding carboxylic acids is 1. The largest absolute Gasteiger partial charge is 0.337 e. The molecule has 1 fully saturated rings. The lowest BCUT2D eigenvalue weighted by Crippen LogP contribution is -2.39. The van der Waals surface area contributed by atoms with E-state index in [1.54, 1.807) is 6.20 Å². The Morgan fingerprint density at radius 2 is 2.00 bits per heavy atom. The third-order valence-electron chi connectivity index (χ3n) is 5.78. The summed E-state index contributed by atoms with van der Waals surface area (Å²) in [7, 11) is 0. The molecule has 29 heavy (non-hydrogen) atoms. The minimum atomic E-state index is 0.0322. The van der Waals surface area contributed by atoms with Gasteiger partial charge >= 0.3 is 0 Å². The molecular weight excluding hydrogens is 362 g/mol. The first kappa shape index (κ1) is 17.7. The van der Waals surface area contributed by atoms with Crippen molar-refractivity contribution >= 4 is 11.6 Å². The van der Waals surface area contributed by atoms with Gasteiger partial charge in [-0.1, -0.05) is 35.9 Å². The molecule has 0 saturated carbocycles. The zero-order chi connectivity index (χ0) is 19.8. The monoisotopic (exact) mass is 385 g/mol. The molecule has 146 valence electrons. The van der Waals surface area contributed by atoms with Gasteiger partial charge in [0.15, 0.2) is 0 Å². The topological polar surface area (TPSA) is 66.3 Å². The van der Waals surface area contributed by atoms with Gasteiger partial charge in [-0.05, 0) is 37.5 Å². The van der Waals surface area contributed by atoms with Crippen LogP contribution in [0, 0.1) is 6.92 Å². The van der Waals surface area contributed by atoms with E-state index in [0.717, 1.165) is 41.9 Å². The second-order valence-corrected chi connectivity index (χ2v) is 7.73. The number of aromatic amines is 1. The number of amides is 1. The van der Waals surface area contributed by atoms with Gasteiger partial charge in [0.1, 0.15) is 11.3 Å². The molecular formula is C23H23N5O. The van der Waals surface area contributed by atoms with Gasteiger partial charge in [-0.25, -0.2) is 4.98 Å². The van der Waals surface area contributed by atoms with Crippen molar-refractivity contribution in [3.63, 3.8) is 0 Å². The van der Waals surface area contributed by atoms with E-state index in [1.807, 2.05) is 39.9 Å². The number of imidazole rings is 1. The number of nitrogens with zero attached hydrogens (tertiary/aromatic N) is 4. The lowest BCUT2D eigenvalue weighted by Gasteiger charge is -2.32. The van der Waals surface area contributed by atoms with Crippen LogP contribution in [0.1, 0.15) is 40.5 Å². The Balaban J connectivity index is 1.41. The number of carbonyl (C=O) groups is 1. The number of pyridine rings is 1. The number of hydrogen-bond donors (Lipinski definition) is 1. The predicted octanol–water partition coefficient (Wildman–Crippen LogP) is 4.05. The van der Waals surface area contributed by atoms with E-state index in [9.17, 15) is 4.79 Å². The molecule has 1 amide bonds. The number of nitrogens with one attached hydrogen (secondary N) is 1. The van der Waals surface area contributed by atoms with Crippen LogP contribution in [0.3, 0.4) is 0 Å². The van der Waals surface area contributed by atoms with Gasteiger partial charge in [0.2, 0.25) is 0 Å². The molecule has 1 saturated heterocycles. The normalized spacial score (nSPS) is 17.0. The second-order valence-electron chi connectivity index (χ2n) is 7.73. The van der Waals surface area contributed by atoms with Crippen LogP contribution in [-0.4, -0.2) is 43.5 Å². The summed E-state index contributed by atoms with van der Waals surface area (Å²) < 4.78 is 1.86. The fourth-order valence-electron chi connectivity index (χ4n) is 4.22. The average Bonchev–Trinajstić information content (AvgIpc) is 3.41. The van der Waals surface area contributed by atoms with E-state index in [0.29, 0.717) is 12.2 Å². The highest BCUT2D eigenvalue weighted by atomic mass is 16.2. The Morgan fingerprint density at radius 3 is 2.86 bits per heavy atom. The summed E-state index contributed by atoms with van der Waals surface area (Å²) >= 11 is 0. The number of fused-ring (bicyclic) bond motifs is 1. The summed E-state index contributed by atoms with van der Waals surface area (Å²) in [6, 6.07) is 14.3. The SMILES string of the molecule is Cc1ccc(-c2cn[nH]c2[C@@H]2CCCN(C(=O)c3cnc4ccccn34)C2)cc1. The van der Waals surface area contributed by atoms with Crippen molar-refractivity contribution in [2.24, 2.45) is 0 Å². The van der Waals surface area contributed by atoms with Gasteiger partial charge in [0, 0.05) is 36.5 Å². The summed E-state index contributed by atoms with van der Waals surface area (Å²) in [5.41, 5.74) is 6.04. The highest BCUT2D eigenvalue weighted by molar-refractivity contribution is 5.93. The maximum absolute atomic E-state index is 13.2. The molecule has 3 aromatic heterocycles. The second kappa shape index (κ2) is 7.20. The van der Waals surface area contributed by atoms with Crippen LogP contribution in [0.5, 0.6) is 0 Å². The number of likely N-dealkylation sites (tertiary alicyclic amines) is 1. The van der Waals surface area contributed by atoms with Crippen molar-refractivity contribution in [3.8, 4) is 11.1 Å². The molecule has 4 heterocycles. The van der Waals surface area contributed by atoms with Crippen molar-refractivity contribution in [2.75, 3.05) is 13.1 Å². The Labute approximate surface area is 169 Å². The fourth-order valence-corrected chi connectivity index (χ4v) is 4.22. The fraction of sp³-hybridized carbons (Fsp3) is 0.261. The number of hydrogen-bond acceptors (Lipinski definition) is 3. The van der Waals surface area contributed by atoms with Crippen LogP contribution < -0.4 is 0 Å². The van der Waals surface area contributed by atoms with Crippen molar-refractivity contribution in [3.05, 3.63) is 78.0 Å². The predicted molar refractivity (Wildman–Crippen MR) is 112 cm³/mol. The van der Waals surface area contributed by atoms with Gasteiger partial charge in [0.05, 0.1) is 12.4 Å². The van der Waals surface area contributed by atoms with Crippen molar-refractivity contribution < 1.29 is 4.79 Å². The minimum Gasteiger partial charge on any atom is -0.337 e. The van der Waals surface area contributed by atoms with E-state index >= 15 is 0 Å². The Kier molecular flexibility index (Phi) is 4.39. The van der Waals surface area contributed by atoms with E-state index < -0.39 is 0 Å². The molecule has 0 unspecified atom stereocenters.